The van der Waals surface area contributed by atoms with Crippen LogP contribution in [0.2, 0.25) is 0 Å². The van der Waals surface area contributed by atoms with E-state index in [1.807, 2.05) is 30.3 Å². The number of hydrogen-bond acceptors (Lipinski definition) is 3. The Balaban J connectivity index is 1.80. The van der Waals surface area contributed by atoms with Gasteiger partial charge < -0.3 is 9.30 Å². The van der Waals surface area contributed by atoms with Crippen molar-refractivity contribution in [2.24, 2.45) is 0 Å². The van der Waals surface area contributed by atoms with E-state index in [0.29, 0.717) is 5.56 Å². The van der Waals surface area contributed by atoms with Crippen LogP contribution in [0.5, 0.6) is 5.75 Å². The first-order chi connectivity index (χ1) is 14.7. The summed E-state index contributed by atoms with van der Waals surface area (Å²) in [6.07, 6.45) is 3.49. The fourth-order valence-corrected chi connectivity index (χ4v) is 4.07. The number of nitrogens with zero attached hydrogens (tertiary/aromatic N) is 3. The van der Waals surface area contributed by atoms with Gasteiger partial charge in [-0.1, -0.05) is 17.7 Å². The third kappa shape index (κ3) is 2.80. The van der Waals surface area contributed by atoms with Gasteiger partial charge in [-0.15, -0.1) is 0 Å². The van der Waals surface area contributed by atoms with E-state index in [0.717, 1.165) is 39.0 Å². The fraction of sp³-hybridized carbons (Fsp3) is 0.0769. The van der Waals surface area contributed by atoms with E-state index in [9.17, 15) is 5.26 Å². The molecule has 30 heavy (non-hydrogen) atoms. The average Bonchev–Trinajstić information content (AvgIpc) is 3.12. The summed E-state index contributed by atoms with van der Waals surface area (Å²) in [7, 11) is 1.68. The van der Waals surface area contributed by atoms with Gasteiger partial charge in [0, 0.05) is 28.9 Å². The van der Waals surface area contributed by atoms with Crippen molar-refractivity contribution >= 4 is 21.8 Å². The Bertz CT molecular complexity index is 1440. The molecule has 0 aliphatic rings. The standard InChI is InChI=1S/C26H19N3O/c1-17-3-7-25-23(13-17)24-15-21(30-2)5-8-26(24)29(25)20-4-6-22(19(14-20)16-27)18-9-11-28-12-10-18/h3-15H,1-2H3. The molecule has 0 amide bonds. The molecular formula is C26H19N3O. The molecule has 5 aromatic rings. The van der Waals surface area contributed by atoms with Crippen molar-refractivity contribution in [3.05, 3.63) is 90.3 Å². The average molecular weight is 389 g/mol. The van der Waals surface area contributed by atoms with E-state index >= 15 is 0 Å². The predicted molar refractivity (Wildman–Crippen MR) is 120 cm³/mol. The van der Waals surface area contributed by atoms with Crippen molar-refractivity contribution in [2.45, 2.75) is 6.92 Å². The van der Waals surface area contributed by atoms with Crippen molar-refractivity contribution in [1.29, 1.82) is 5.26 Å². The number of benzene rings is 3. The van der Waals surface area contributed by atoms with Crippen molar-refractivity contribution in [3.8, 4) is 28.6 Å². The molecule has 144 valence electrons. The van der Waals surface area contributed by atoms with E-state index in [1.165, 1.54) is 10.9 Å². The Labute approximate surface area is 174 Å². The van der Waals surface area contributed by atoms with Crippen molar-refractivity contribution in [2.75, 3.05) is 7.11 Å². The number of hydrogen-bond donors (Lipinski definition) is 0. The van der Waals surface area contributed by atoms with Crippen LogP contribution < -0.4 is 4.74 Å². The Hall–Kier alpha value is -4.10. The Kier molecular flexibility index (Phi) is 4.22. The maximum atomic E-state index is 9.84. The second-order valence-corrected chi connectivity index (χ2v) is 7.32. The van der Waals surface area contributed by atoms with Crippen molar-refractivity contribution < 1.29 is 4.74 Å². The first kappa shape index (κ1) is 18.0. The molecule has 2 heterocycles. The molecule has 0 radical (unpaired) electrons. The number of fused-ring (bicyclic) bond motifs is 3. The largest absolute Gasteiger partial charge is 0.497 e. The molecule has 0 N–H and O–H groups in total. The quantitative estimate of drug-likeness (QED) is 0.378. The summed E-state index contributed by atoms with van der Waals surface area (Å²) >= 11 is 0. The first-order valence-corrected chi connectivity index (χ1v) is 9.73. The van der Waals surface area contributed by atoms with Crippen LogP contribution in [0.15, 0.2) is 79.1 Å². The highest BCUT2D eigenvalue weighted by Gasteiger charge is 2.15. The van der Waals surface area contributed by atoms with E-state index in [4.69, 9.17) is 4.74 Å². The lowest BCUT2D eigenvalue weighted by Gasteiger charge is -2.11. The van der Waals surface area contributed by atoms with Gasteiger partial charge >= 0.3 is 0 Å². The van der Waals surface area contributed by atoms with Gasteiger partial charge in [0.2, 0.25) is 0 Å². The Morgan fingerprint density at radius 3 is 2.33 bits per heavy atom. The van der Waals surface area contributed by atoms with Crippen LogP contribution in [0.1, 0.15) is 11.1 Å². The van der Waals surface area contributed by atoms with Gasteiger partial charge in [-0.3, -0.25) is 4.98 Å². The van der Waals surface area contributed by atoms with Crippen LogP contribution in [0, 0.1) is 18.3 Å². The highest BCUT2D eigenvalue weighted by molar-refractivity contribution is 6.10. The maximum absolute atomic E-state index is 9.84. The van der Waals surface area contributed by atoms with Crippen molar-refractivity contribution in [3.63, 3.8) is 0 Å². The lowest BCUT2D eigenvalue weighted by molar-refractivity contribution is 0.415. The predicted octanol–water partition coefficient (Wildman–Crippen LogP) is 6.03. The molecule has 0 saturated heterocycles. The zero-order valence-corrected chi connectivity index (χ0v) is 16.8. The molecule has 4 nitrogen and oxygen atoms in total. The molecule has 5 rings (SSSR count). The number of aromatic nitrogens is 2. The van der Waals surface area contributed by atoms with E-state index < -0.39 is 0 Å². The SMILES string of the molecule is COc1ccc2c(c1)c1cc(C)ccc1n2-c1ccc(-c2ccncc2)c(C#N)c1. The molecule has 0 saturated carbocycles. The number of ether oxygens (including phenoxy) is 1. The molecule has 4 heteroatoms. The van der Waals surface area contributed by atoms with Crippen LogP contribution in [-0.2, 0) is 0 Å². The van der Waals surface area contributed by atoms with Crippen LogP contribution >= 0.6 is 0 Å². The normalized spacial score (nSPS) is 11.0. The zero-order valence-electron chi connectivity index (χ0n) is 16.8. The number of aryl methyl sites for hydroxylation is 1. The first-order valence-electron chi connectivity index (χ1n) is 9.73. The summed E-state index contributed by atoms with van der Waals surface area (Å²) in [5.74, 6) is 0.828. The molecule has 2 aromatic heterocycles. The number of rotatable bonds is 3. The topological polar surface area (TPSA) is 50.8 Å². The summed E-state index contributed by atoms with van der Waals surface area (Å²) in [4.78, 5) is 4.08. The summed E-state index contributed by atoms with van der Waals surface area (Å²) in [6.45, 7) is 2.10. The third-order valence-corrected chi connectivity index (χ3v) is 5.50. The minimum absolute atomic E-state index is 0.634. The summed E-state index contributed by atoms with van der Waals surface area (Å²) in [5.41, 5.74) is 6.86. The zero-order chi connectivity index (χ0) is 20.7. The van der Waals surface area contributed by atoms with E-state index in [-0.39, 0.29) is 0 Å². The van der Waals surface area contributed by atoms with Gasteiger partial charge in [0.15, 0.2) is 0 Å². The van der Waals surface area contributed by atoms with Gasteiger partial charge in [0.1, 0.15) is 5.75 Å². The highest BCUT2D eigenvalue weighted by atomic mass is 16.5. The number of methoxy groups -OCH3 is 1. The molecule has 0 bridgehead atoms. The molecule has 0 aliphatic heterocycles. The van der Waals surface area contributed by atoms with Gasteiger partial charge in [-0.25, -0.2) is 0 Å². The van der Waals surface area contributed by atoms with Crippen LogP contribution in [-0.4, -0.2) is 16.7 Å². The summed E-state index contributed by atoms with van der Waals surface area (Å²) in [5, 5.41) is 12.1. The van der Waals surface area contributed by atoms with Crippen LogP contribution in [0.25, 0.3) is 38.6 Å². The fourth-order valence-electron chi connectivity index (χ4n) is 4.07. The van der Waals surface area contributed by atoms with Crippen molar-refractivity contribution in [1.82, 2.24) is 9.55 Å². The lowest BCUT2D eigenvalue weighted by atomic mass is 10.0. The highest BCUT2D eigenvalue weighted by Crippen LogP contribution is 2.36. The monoisotopic (exact) mass is 389 g/mol. The second-order valence-electron chi connectivity index (χ2n) is 7.32. The maximum Gasteiger partial charge on any atom is 0.119 e. The number of pyridine rings is 1. The minimum atomic E-state index is 0.634. The van der Waals surface area contributed by atoms with Gasteiger partial charge in [0.25, 0.3) is 0 Å². The summed E-state index contributed by atoms with van der Waals surface area (Å²) < 4.78 is 7.67. The second kappa shape index (κ2) is 7.06. The third-order valence-electron chi connectivity index (χ3n) is 5.50. The van der Waals surface area contributed by atoms with Gasteiger partial charge in [0.05, 0.1) is 29.8 Å². The van der Waals surface area contributed by atoms with Crippen LogP contribution in [0.3, 0.4) is 0 Å². The van der Waals surface area contributed by atoms with Crippen LogP contribution in [0.4, 0.5) is 0 Å². The molecule has 0 atom stereocenters. The smallest absolute Gasteiger partial charge is 0.119 e. The summed E-state index contributed by atoms with van der Waals surface area (Å²) in [6, 6.07) is 24.8. The Morgan fingerprint density at radius 2 is 1.60 bits per heavy atom. The number of nitriles is 1. The molecule has 0 aliphatic carbocycles. The molecule has 0 unspecified atom stereocenters. The molecular weight excluding hydrogens is 370 g/mol. The Morgan fingerprint density at radius 1 is 0.867 bits per heavy atom. The van der Waals surface area contributed by atoms with Gasteiger partial charge in [-0.2, -0.15) is 5.26 Å². The molecule has 0 fully saturated rings. The lowest BCUT2D eigenvalue weighted by Crippen LogP contribution is -1.96. The minimum Gasteiger partial charge on any atom is -0.497 e. The van der Waals surface area contributed by atoms with E-state index in [2.05, 4.69) is 58.9 Å². The van der Waals surface area contributed by atoms with Gasteiger partial charge in [-0.05, 0) is 72.6 Å². The van der Waals surface area contributed by atoms with E-state index in [1.54, 1.807) is 19.5 Å². The molecule has 0 spiro atoms. The molecule has 3 aromatic carbocycles.